The largest absolute Gasteiger partial charge is 0.394 e. The van der Waals surface area contributed by atoms with Crippen LogP contribution in [-0.2, 0) is 23.8 Å². The van der Waals surface area contributed by atoms with Gasteiger partial charge in [0.25, 0.3) is 0 Å². The number of carbonyl (C=O) groups excluding carboxylic acids is 2. The number of ether oxygens (including phenoxy) is 3. The van der Waals surface area contributed by atoms with Crippen LogP contribution in [0.4, 0.5) is 4.39 Å². The van der Waals surface area contributed by atoms with Crippen LogP contribution in [-0.4, -0.2) is 139 Å². The molecule has 0 aromatic rings. The van der Waals surface area contributed by atoms with Gasteiger partial charge < -0.3 is 55.1 Å². The minimum atomic E-state index is -2.13. The van der Waals surface area contributed by atoms with Crippen LogP contribution in [0, 0.1) is 40.4 Å². The second kappa shape index (κ2) is 12.8. The third kappa shape index (κ3) is 5.21. The molecule has 0 aromatic heterocycles. The SMILES string of the molecule is CC1C[C@H]2[C@@H]3CCC4=CC(=O)C=C[C@]4(C)[C@@]3(F)C([C@@H]3O[C@H](CO)[C@H](O)[C@H](O)[C@H]3O)C[C@]2(C)[C@H]1C(=O)CO[C@@H]1O[C@H](CO)[C@H](O)[C@H](O)[C@H]1O. The number of Topliss-reactive ketones (excluding diaryl/α,β-unsaturated/α-hetero) is 1. The van der Waals surface area contributed by atoms with Crippen molar-refractivity contribution in [2.24, 2.45) is 40.4 Å². The lowest BCUT2D eigenvalue weighted by Gasteiger charge is -2.65. The van der Waals surface area contributed by atoms with Crippen molar-refractivity contribution in [3.63, 3.8) is 0 Å². The first kappa shape index (κ1) is 36.1. The van der Waals surface area contributed by atoms with Gasteiger partial charge in [0.1, 0.15) is 61.1 Å². The van der Waals surface area contributed by atoms with E-state index in [-0.39, 0.29) is 29.8 Å². The number of aliphatic hydroxyl groups is 8. The Morgan fingerprint density at radius 3 is 2.19 bits per heavy atom. The highest BCUT2D eigenvalue weighted by Gasteiger charge is 2.74. The third-order valence-corrected chi connectivity index (χ3v) is 13.0. The standard InChI is InChI=1S/C34H49FO13/c1-14-8-18-17-5-4-15-9-16(38)6-7-33(15,3)34(17,35)19(30-28(44)26(42)24(40)21(11-36)47-30)10-32(18,2)23(14)20(39)13-46-31-29(45)27(43)25(41)22(12-37)48-31/h6-7,9,14,17-19,21-31,36-37,40-45H,4-5,8,10-13H2,1-3H3/t14?,17-,18-,19?,21+,22+,23+,24-,25-,26-,27-,28+,29+,30-,31+,32-,33-,34-/m0/s1. The summed E-state index contributed by atoms with van der Waals surface area (Å²) in [6.45, 7) is 3.62. The van der Waals surface area contributed by atoms with Gasteiger partial charge in [-0.1, -0.05) is 25.5 Å². The predicted molar refractivity (Wildman–Crippen MR) is 162 cm³/mol. The van der Waals surface area contributed by atoms with E-state index in [1.165, 1.54) is 12.2 Å². The molecule has 6 rings (SSSR count). The Kier molecular flexibility index (Phi) is 9.64. The molecule has 0 aromatic carbocycles. The molecule has 18 atom stereocenters. The zero-order chi connectivity index (χ0) is 35.1. The van der Waals surface area contributed by atoms with Crippen molar-refractivity contribution in [1.29, 1.82) is 0 Å². The van der Waals surface area contributed by atoms with Gasteiger partial charge in [0.05, 0.1) is 19.3 Å². The highest BCUT2D eigenvalue weighted by molar-refractivity contribution is 6.01. The van der Waals surface area contributed by atoms with Gasteiger partial charge in [-0.3, -0.25) is 9.59 Å². The molecule has 13 nitrogen and oxygen atoms in total. The van der Waals surface area contributed by atoms with Crippen LogP contribution in [0.15, 0.2) is 23.8 Å². The number of allylic oxidation sites excluding steroid dienone is 4. The van der Waals surface area contributed by atoms with E-state index in [0.29, 0.717) is 24.8 Å². The molecule has 0 spiro atoms. The number of rotatable bonds is 7. The first-order valence-electron chi connectivity index (χ1n) is 16.9. The van der Waals surface area contributed by atoms with Crippen molar-refractivity contribution in [3.05, 3.63) is 23.8 Å². The number of alkyl halides is 1. The van der Waals surface area contributed by atoms with Crippen molar-refractivity contribution in [3.8, 4) is 0 Å². The molecule has 2 unspecified atom stereocenters. The topological polar surface area (TPSA) is 224 Å². The van der Waals surface area contributed by atoms with Gasteiger partial charge in [-0.05, 0) is 67.9 Å². The molecule has 4 aliphatic carbocycles. The molecule has 2 aliphatic heterocycles. The minimum Gasteiger partial charge on any atom is -0.394 e. The van der Waals surface area contributed by atoms with Gasteiger partial charge in [-0.25, -0.2) is 4.39 Å². The molecular formula is C34H49FO13. The first-order valence-corrected chi connectivity index (χ1v) is 16.9. The van der Waals surface area contributed by atoms with Crippen molar-refractivity contribution in [2.75, 3.05) is 19.8 Å². The molecule has 2 heterocycles. The van der Waals surface area contributed by atoms with Gasteiger partial charge in [-0.2, -0.15) is 0 Å². The molecule has 48 heavy (non-hydrogen) atoms. The molecule has 0 radical (unpaired) electrons. The van der Waals surface area contributed by atoms with E-state index in [0.717, 1.165) is 0 Å². The number of hydrogen-bond donors (Lipinski definition) is 8. The molecule has 3 saturated carbocycles. The van der Waals surface area contributed by atoms with Crippen LogP contribution in [0.25, 0.3) is 0 Å². The van der Waals surface area contributed by atoms with Gasteiger partial charge in [0, 0.05) is 17.3 Å². The average molecular weight is 685 g/mol. The molecular weight excluding hydrogens is 635 g/mol. The van der Waals surface area contributed by atoms with Crippen LogP contribution in [0.2, 0.25) is 0 Å². The van der Waals surface area contributed by atoms with Crippen molar-refractivity contribution in [1.82, 2.24) is 0 Å². The summed E-state index contributed by atoms with van der Waals surface area (Å²) >= 11 is 0. The minimum absolute atomic E-state index is 0.0127. The highest BCUT2D eigenvalue weighted by atomic mass is 19.1. The number of halogens is 1. The normalized spacial score (nSPS) is 53.5. The van der Waals surface area contributed by atoms with E-state index in [2.05, 4.69) is 0 Å². The van der Waals surface area contributed by atoms with E-state index in [9.17, 15) is 50.4 Å². The van der Waals surface area contributed by atoms with Gasteiger partial charge in [0.15, 0.2) is 17.9 Å². The molecule has 14 heteroatoms. The molecule has 0 bridgehead atoms. The van der Waals surface area contributed by atoms with Crippen LogP contribution in [0.3, 0.4) is 0 Å². The fourth-order valence-electron chi connectivity index (χ4n) is 10.7. The number of carbonyl (C=O) groups is 2. The monoisotopic (exact) mass is 684 g/mol. The lowest BCUT2D eigenvalue weighted by Crippen LogP contribution is -2.71. The average Bonchev–Trinajstić information content (AvgIpc) is 3.32. The summed E-state index contributed by atoms with van der Waals surface area (Å²) in [6.07, 6.45) is -9.83. The second-order valence-corrected chi connectivity index (χ2v) is 15.4. The first-order chi connectivity index (χ1) is 22.5. The zero-order valence-corrected chi connectivity index (χ0v) is 27.3. The maximum atomic E-state index is 18.8. The van der Waals surface area contributed by atoms with E-state index in [1.54, 1.807) is 13.0 Å². The summed E-state index contributed by atoms with van der Waals surface area (Å²) in [6, 6.07) is 0. The molecule has 270 valence electrons. The molecule has 0 amide bonds. The Balaban J connectivity index is 1.36. The van der Waals surface area contributed by atoms with Crippen LogP contribution in [0.5, 0.6) is 0 Å². The summed E-state index contributed by atoms with van der Waals surface area (Å²) in [5, 5.41) is 83.0. The summed E-state index contributed by atoms with van der Waals surface area (Å²) in [5.74, 6) is -3.73. The van der Waals surface area contributed by atoms with Crippen molar-refractivity contribution in [2.45, 2.75) is 113 Å². The highest BCUT2D eigenvalue weighted by Crippen LogP contribution is 2.72. The smallest absolute Gasteiger partial charge is 0.187 e. The summed E-state index contributed by atoms with van der Waals surface area (Å²) in [5.41, 5.74) is -3.69. The van der Waals surface area contributed by atoms with E-state index in [1.807, 2.05) is 13.8 Å². The second-order valence-electron chi connectivity index (χ2n) is 15.4. The zero-order valence-electron chi connectivity index (χ0n) is 27.3. The predicted octanol–water partition coefficient (Wildman–Crippen LogP) is -1.30. The van der Waals surface area contributed by atoms with Gasteiger partial charge in [0.2, 0.25) is 0 Å². The molecule has 2 saturated heterocycles. The van der Waals surface area contributed by atoms with Crippen LogP contribution < -0.4 is 0 Å². The fourth-order valence-corrected chi connectivity index (χ4v) is 10.7. The fraction of sp³-hybridized carbons (Fsp3) is 0.824. The Bertz CT molecular complexity index is 1320. The number of hydrogen-bond acceptors (Lipinski definition) is 13. The Morgan fingerprint density at radius 2 is 1.54 bits per heavy atom. The molecule has 8 N–H and O–H groups in total. The Hall–Kier alpha value is -1.69. The summed E-state index contributed by atoms with van der Waals surface area (Å²) in [4.78, 5) is 26.5. The molecule has 5 fully saturated rings. The van der Waals surface area contributed by atoms with Crippen molar-refractivity contribution < 1.29 is 69.0 Å². The summed E-state index contributed by atoms with van der Waals surface area (Å²) in [7, 11) is 0. The van der Waals surface area contributed by atoms with Crippen LogP contribution in [0.1, 0.15) is 46.5 Å². The van der Waals surface area contributed by atoms with Gasteiger partial charge >= 0.3 is 0 Å². The Morgan fingerprint density at radius 1 is 0.917 bits per heavy atom. The maximum absolute atomic E-state index is 18.8. The van der Waals surface area contributed by atoms with E-state index in [4.69, 9.17) is 14.2 Å². The number of ketones is 2. The molecule has 6 aliphatic rings. The van der Waals surface area contributed by atoms with E-state index >= 15 is 4.39 Å². The van der Waals surface area contributed by atoms with Crippen molar-refractivity contribution >= 4 is 11.6 Å². The lowest BCUT2D eigenvalue weighted by molar-refractivity contribution is -0.299. The number of aliphatic hydroxyl groups excluding tert-OH is 8. The third-order valence-electron chi connectivity index (χ3n) is 13.0. The maximum Gasteiger partial charge on any atom is 0.187 e. The van der Waals surface area contributed by atoms with E-state index < -0.39 is 115 Å². The Labute approximate surface area is 278 Å². The lowest BCUT2D eigenvalue weighted by atomic mass is 9.42. The van der Waals surface area contributed by atoms with Gasteiger partial charge in [-0.15, -0.1) is 0 Å². The summed E-state index contributed by atoms with van der Waals surface area (Å²) < 4.78 is 35.9. The number of fused-ring (bicyclic) bond motifs is 5. The van der Waals surface area contributed by atoms with Crippen LogP contribution >= 0.6 is 0 Å². The quantitative estimate of drug-likeness (QED) is 0.156.